The molecule has 1 amide bonds. The van der Waals surface area contributed by atoms with E-state index in [1.165, 1.54) is 11.8 Å². The first kappa shape index (κ1) is 20.7. The summed E-state index contributed by atoms with van der Waals surface area (Å²) in [6.45, 7) is 3.79. The zero-order chi connectivity index (χ0) is 20.5. The maximum atomic E-state index is 12.8. The topological polar surface area (TPSA) is 59.8 Å². The first-order valence-corrected chi connectivity index (χ1v) is 11.9. The molecule has 3 aromatic rings. The third kappa shape index (κ3) is 4.63. The molecule has 0 aliphatic heterocycles. The predicted molar refractivity (Wildman–Crippen MR) is 120 cm³/mol. The Balaban J connectivity index is 1.46. The van der Waals surface area contributed by atoms with E-state index in [2.05, 4.69) is 26.1 Å². The molecule has 2 atom stereocenters. The van der Waals surface area contributed by atoms with Crippen LogP contribution < -0.4 is 5.32 Å². The number of thiophene rings is 1. The molecule has 0 bridgehead atoms. The number of amides is 1. The van der Waals surface area contributed by atoms with Gasteiger partial charge in [0.1, 0.15) is 0 Å². The maximum absolute atomic E-state index is 12.8. The molecule has 2 heterocycles. The second kappa shape index (κ2) is 8.68. The van der Waals surface area contributed by atoms with Crippen molar-refractivity contribution in [1.29, 1.82) is 0 Å². The molecule has 9 heteroatoms. The first-order valence-electron chi connectivity index (χ1n) is 9.34. The third-order valence-corrected chi connectivity index (χ3v) is 7.24. The molecule has 1 N–H and O–H groups in total. The van der Waals surface area contributed by atoms with Gasteiger partial charge in [-0.15, -0.1) is 21.5 Å². The lowest BCUT2D eigenvalue weighted by atomic mass is 10.1. The quantitative estimate of drug-likeness (QED) is 0.433. The van der Waals surface area contributed by atoms with Gasteiger partial charge in [0.05, 0.1) is 16.2 Å². The Labute approximate surface area is 187 Å². The van der Waals surface area contributed by atoms with Gasteiger partial charge in [0.15, 0.2) is 11.0 Å². The van der Waals surface area contributed by atoms with Crippen molar-refractivity contribution in [2.24, 2.45) is 0 Å². The lowest BCUT2D eigenvalue weighted by molar-refractivity contribution is -0.120. The molecule has 1 fully saturated rings. The van der Waals surface area contributed by atoms with Gasteiger partial charge in [-0.05, 0) is 55.8 Å². The molecule has 1 aliphatic rings. The number of carbonyl (C=O) groups excluding carboxylic acids is 1. The zero-order valence-corrected chi connectivity index (χ0v) is 19.1. The standard InChI is InChI=1S/C20H20Cl2N4OS2/c1-11(15-8-5-13(21)10-16(15)22)23-19(27)12(2)29-20-25-24-18(17-4-3-9-28-17)26(20)14-6-7-14/h3-5,8-12,14H,6-7H2,1-2H3,(H,23,27). The summed E-state index contributed by atoms with van der Waals surface area (Å²) in [6, 6.07) is 9.56. The van der Waals surface area contributed by atoms with Gasteiger partial charge in [-0.3, -0.25) is 9.36 Å². The lowest BCUT2D eigenvalue weighted by Crippen LogP contribution is -2.33. The second-order valence-electron chi connectivity index (χ2n) is 7.04. The highest BCUT2D eigenvalue weighted by molar-refractivity contribution is 8.00. The number of aromatic nitrogens is 3. The molecule has 2 aromatic heterocycles. The zero-order valence-electron chi connectivity index (χ0n) is 15.9. The molecular weight excluding hydrogens is 447 g/mol. The monoisotopic (exact) mass is 466 g/mol. The van der Waals surface area contributed by atoms with E-state index in [-0.39, 0.29) is 17.2 Å². The number of halogens is 2. The van der Waals surface area contributed by atoms with Gasteiger partial charge in [0, 0.05) is 16.1 Å². The minimum absolute atomic E-state index is 0.0727. The molecular formula is C20H20Cl2N4OS2. The number of hydrogen-bond donors (Lipinski definition) is 1. The number of benzene rings is 1. The number of thioether (sulfide) groups is 1. The fourth-order valence-electron chi connectivity index (χ4n) is 3.07. The van der Waals surface area contributed by atoms with Crippen LogP contribution in [0.2, 0.25) is 10.0 Å². The van der Waals surface area contributed by atoms with Crippen LogP contribution in [0.15, 0.2) is 40.9 Å². The summed E-state index contributed by atoms with van der Waals surface area (Å²) in [5, 5.41) is 15.4. The number of nitrogens with zero attached hydrogens (tertiary/aromatic N) is 3. The Morgan fingerprint density at radius 2 is 2.07 bits per heavy atom. The van der Waals surface area contributed by atoms with Crippen LogP contribution >= 0.6 is 46.3 Å². The molecule has 152 valence electrons. The Morgan fingerprint density at radius 1 is 1.28 bits per heavy atom. The van der Waals surface area contributed by atoms with Crippen LogP contribution in [0.5, 0.6) is 0 Å². The highest BCUT2D eigenvalue weighted by atomic mass is 35.5. The van der Waals surface area contributed by atoms with Crippen LogP contribution in [0.25, 0.3) is 10.7 Å². The van der Waals surface area contributed by atoms with Crippen LogP contribution in [-0.4, -0.2) is 25.9 Å². The summed E-state index contributed by atoms with van der Waals surface area (Å²) in [5.41, 5.74) is 0.836. The van der Waals surface area contributed by atoms with Gasteiger partial charge in [0.2, 0.25) is 5.91 Å². The Morgan fingerprint density at radius 3 is 2.72 bits per heavy atom. The fraction of sp³-hybridized carbons (Fsp3) is 0.350. The molecule has 1 aliphatic carbocycles. The number of nitrogens with one attached hydrogen (secondary N) is 1. The normalized spacial score (nSPS) is 15.9. The third-order valence-electron chi connectivity index (χ3n) is 4.76. The average molecular weight is 467 g/mol. The van der Waals surface area contributed by atoms with Crippen LogP contribution in [0.4, 0.5) is 0 Å². The number of hydrogen-bond acceptors (Lipinski definition) is 5. The van der Waals surface area contributed by atoms with E-state index in [1.807, 2.05) is 31.4 Å². The van der Waals surface area contributed by atoms with Crippen molar-refractivity contribution in [3.8, 4) is 10.7 Å². The summed E-state index contributed by atoms with van der Waals surface area (Å²) in [5.74, 6) is 0.815. The van der Waals surface area contributed by atoms with Gasteiger partial charge in [-0.2, -0.15) is 0 Å². The summed E-state index contributed by atoms with van der Waals surface area (Å²) in [6.07, 6.45) is 2.24. The predicted octanol–water partition coefficient (Wildman–Crippen LogP) is 6.01. The smallest absolute Gasteiger partial charge is 0.233 e. The lowest BCUT2D eigenvalue weighted by Gasteiger charge is -2.19. The Kier molecular flexibility index (Phi) is 6.20. The van der Waals surface area contributed by atoms with Gasteiger partial charge in [0.25, 0.3) is 0 Å². The minimum atomic E-state index is -0.318. The maximum Gasteiger partial charge on any atom is 0.233 e. The number of carbonyl (C=O) groups is 1. The summed E-state index contributed by atoms with van der Waals surface area (Å²) < 4.78 is 2.18. The number of rotatable bonds is 7. The van der Waals surface area contributed by atoms with Crippen molar-refractivity contribution >= 4 is 52.2 Å². The first-order chi connectivity index (χ1) is 13.9. The minimum Gasteiger partial charge on any atom is -0.349 e. The summed E-state index contributed by atoms with van der Waals surface area (Å²) in [4.78, 5) is 13.9. The fourth-order valence-corrected chi connectivity index (χ4v) is 5.27. The van der Waals surface area contributed by atoms with Crippen LogP contribution in [0.3, 0.4) is 0 Å². The van der Waals surface area contributed by atoms with Crippen molar-refractivity contribution in [2.75, 3.05) is 0 Å². The van der Waals surface area contributed by atoms with E-state index in [9.17, 15) is 4.79 Å². The van der Waals surface area contributed by atoms with Crippen LogP contribution in [-0.2, 0) is 4.79 Å². The van der Waals surface area contributed by atoms with E-state index < -0.39 is 0 Å². The van der Waals surface area contributed by atoms with Crippen molar-refractivity contribution in [3.05, 3.63) is 51.3 Å². The van der Waals surface area contributed by atoms with E-state index in [1.54, 1.807) is 23.5 Å². The van der Waals surface area contributed by atoms with Crippen molar-refractivity contribution in [2.45, 2.75) is 49.2 Å². The Hall–Kier alpha value is -1.54. The molecule has 5 nitrogen and oxygen atoms in total. The molecule has 4 rings (SSSR count). The van der Waals surface area contributed by atoms with Crippen molar-refractivity contribution in [1.82, 2.24) is 20.1 Å². The SMILES string of the molecule is CC(Sc1nnc(-c2cccs2)n1C1CC1)C(=O)NC(C)c1ccc(Cl)cc1Cl. The molecule has 0 saturated heterocycles. The van der Waals surface area contributed by atoms with E-state index >= 15 is 0 Å². The summed E-state index contributed by atoms with van der Waals surface area (Å²) >= 11 is 15.3. The molecule has 0 spiro atoms. The Bertz CT molecular complexity index is 1020. The second-order valence-corrected chi connectivity index (χ2v) is 10.1. The molecule has 2 unspecified atom stereocenters. The van der Waals surface area contributed by atoms with Crippen LogP contribution in [0, 0.1) is 0 Å². The largest absolute Gasteiger partial charge is 0.349 e. The molecule has 1 saturated carbocycles. The van der Waals surface area contributed by atoms with E-state index in [4.69, 9.17) is 23.2 Å². The van der Waals surface area contributed by atoms with Gasteiger partial charge >= 0.3 is 0 Å². The van der Waals surface area contributed by atoms with E-state index in [0.29, 0.717) is 16.1 Å². The highest BCUT2D eigenvalue weighted by Crippen LogP contribution is 2.42. The highest BCUT2D eigenvalue weighted by Gasteiger charge is 2.32. The van der Waals surface area contributed by atoms with Gasteiger partial charge in [-0.25, -0.2) is 0 Å². The van der Waals surface area contributed by atoms with Crippen LogP contribution in [0.1, 0.15) is 44.3 Å². The molecule has 1 aromatic carbocycles. The molecule has 29 heavy (non-hydrogen) atoms. The van der Waals surface area contributed by atoms with Crippen molar-refractivity contribution < 1.29 is 4.79 Å². The van der Waals surface area contributed by atoms with Crippen molar-refractivity contribution in [3.63, 3.8) is 0 Å². The van der Waals surface area contributed by atoms with Gasteiger partial charge < -0.3 is 5.32 Å². The average Bonchev–Trinajstić information content (AvgIpc) is 3.20. The summed E-state index contributed by atoms with van der Waals surface area (Å²) in [7, 11) is 0. The van der Waals surface area contributed by atoms with Gasteiger partial charge in [-0.1, -0.05) is 47.1 Å². The molecule has 0 radical (unpaired) electrons. The van der Waals surface area contributed by atoms with E-state index in [0.717, 1.165) is 34.3 Å².